The monoisotopic (exact) mass is 691 g/mol. The lowest BCUT2D eigenvalue weighted by molar-refractivity contribution is -0.169. The molecule has 7 rings (SSSR count). The summed E-state index contributed by atoms with van der Waals surface area (Å²) in [7, 11) is 4.81. The molecule has 2 fully saturated rings. The van der Waals surface area contributed by atoms with Gasteiger partial charge in [-0.15, -0.1) is 0 Å². The van der Waals surface area contributed by atoms with Crippen LogP contribution in [0.4, 0.5) is 11.6 Å². The molecule has 0 unspecified atom stereocenters. The summed E-state index contributed by atoms with van der Waals surface area (Å²) < 4.78 is 23.6. The lowest BCUT2D eigenvalue weighted by Crippen LogP contribution is -2.55. The highest BCUT2D eigenvalue weighted by atomic mass is 16.5. The van der Waals surface area contributed by atoms with Gasteiger partial charge in [-0.05, 0) is 68.3 Å². The van der Waals surface area contributed by atoms with E-state index in [-0.39, 0.29) is 17.7 Å². The normalized spacial score (nSPS) is 16.6. The van der Waals surface area contributed by atoms with Crippen LogP contribution in [0.1, 0.15) is 47.3 Å². The third-order valence-corrected chi connectivity index (χ3v) is 9.60. The summed E-state index contributed by atoms with van der Waals surface area (Å²) in [6.07, 6.45) is 5.13. The number of carbonyl (C=O) groups is 2. The van der Waals surface area contributed by atoms with Crippen molar-refractivity contribution >= 4 is 34.4 Å². The van der Waals surface area contributed by atoms with Crippen LogP contribution >= 0.6 is 0 Å². The van der Waals surface area contributed by atoms with Crippen LogP contribution in [0, 0.1) is 5.41 Å². The number of methoxy groups -OCH3 is 3. The highest BCUT2D eigenvalue weighted by molar-refractivity contribution is 6.04. The Balaban J connectivity index is 1.23. The second-order valence-electron chi connectivity index (χ2n) is 13.1. The van der Waals surface area contributed by atoms with Gasteiger partial charge in [-0.2, -0.15) is 5.10 Å². The number of hydrogen-bond donors (Lipinski definition) is 2. The summed E-state index contributed by atoms with van der Waals surface area (Å²) in [5.74, 6) is 2.87. The summed E-state index contributed by atoms with van der Waals surface area (Å²) in [5.41, 5.74) is 3.36. The third-order valence-electron chi connectivity index (χ3n) is 9.60. The molecule has 51 heavy (non-hydrogen) atoms. The number of likely N-dealkylation sites (tertiary alicyclic amines) is 1. The van der Waals surface area contributed by atoms with Crippen molar-refractivity contribution in [3.05, 3.63) is 89.9 Å². The van der Waals surface area contributed by atoms with E-state index >= 15 is 0 Å². The molecule has 2 saturated heterocycles. The molecule has 2 N–H and O–H groups in total. The average molecular weight is 692 g/mol. The Bertz CT molecular complexity index is 2060. The fourth-order valence-corrected chi connectivity index (χ4v) is 6.73. The molecule has 2 aliphatic heterocycles. The Morgan fingerprint density at radius 2 is 1.71 bits per heavy atom. The Morgan fingerprint density at radius 3 is 2.43 bits per heavy atom. The molecule has 13 heteroatoms. The van der Waals surface area contributed by atoms with E-state index < -0.39 is 5.41 Å². The minimum absolute atomic E-state index is 0.0217. The van der Waals surface area contributed by atoms with E-state index in [1.807, 2.05) is 52.9 Å². The molecule has 5 aromatic rings. The third kappa shape index (κ3) is 6.76. The van der Waals surface area contributed by atoms with Gasteiger partial charge in [0.15, 0.2) is 5.82 Å². The molecular formula is C38H41N7O6. The van der Waals surface area contributed by atoms with Crippen LogP contribution in [0.15, 0.2) is 73.1 Å². The number of nitrogens with zero attached hydrogens (tertiary/aromatic N) is 5. The fourth-order valence-electron chi connectivity index (χ4n) is 6.73. The number of ether oxygens (including phenoxy) is 4. The minimum Gasteiger partial charge on any atom is -0.497 e. The van der Waals surface area contributed by atoms with Crippen LogP contribution in [0.3, 0.4) is 0 Å². The van der Waals surface area contributed by atoms with Crippen molar-refractivity contribution in [2.24, 2.45) is 5.41 Å². The van der Waals surface area contributed by atoms with Crippen LogP contribution in [-0.4, -0.2) is 84.1 Å². The van der Waals surface area contributed by atoms with E-state index in [1.165, 1.54) is 0 Å². The van der Waals surface area contributed by atoms with Gasteiger partial charge in [0, 0.05) is 66.6 Å². The first-order valence-corrected chi connectivity index (χ1v) is 16.9. The van der Waals surface area contributed by atoms with Crippen molar-refractivity contribution in [1.29, 1.82) is 0 Å². The van der Waals surface area contributed by atoms with Crippen LogP contribution in [0.25, 0.3) is 16.6 Å². The van der Waals surface area contributed by atoms with E-state index in [1.54, 1.807) is 58.0 Å². The molecule has 0 radical (unpaired) electrons. The Kier molecular flexibility index (Phi) is 9.46. The number of aromatic nitrogens is 4. The molecule has 0 saturated carbocycles. The average Bonchev–Trinajstić information content (AvgIpc) is 3.56. The van der Waals surface area contributed by atoms with Gasteiger partial charge in [0.2, 0.25) is 5.91 Å². The molecule has 13 nitrogen and oxygen atoms in total. The first-order valence-electron chi connectivity index (χ1n) is 16.9. The Hall–Kier alpha value is -5.69. The molecule has 1 atom stereocenters. The van der Waals surface area contributed by atoms with Crippen molar-refractivity contribution < 1.29 is 28.5 Å². The highest BCUT2D eigenvalue weighted by Crippen LogP contribution is 2.38. The van der Waals surface area contributed by atoms with Crippen molar-refractivity contribution in [3.8, 4) is 22.9 Å². The molecule has 0 bridgehead atoms. The highest BCUT2D eigenvalue weighted by Gasteiger charge is 2.44. The maximum atomic E-state index is 13.5. The van der Waals surface area contributed by atoms with Gasteiger partial charge >= 0.3 is 0 Å². The predicted octanol–water partition coefficient (Wildman–Crippen LogP) is 5.45. The van der Waals surface area contributed by atoms with E-state index in [0.29, 0.717) is 60.8 Å². The maximum Gasteiger partial charge on any atom is 0.256 e. The smallest absolute Gasteiger partial charge is 0.256 e. The predicted molar refractivity (Wildman–Crippen MR) is 192 cm³/mol. The zero-order valence-corrected chi connectivity index (χ0v) is 29.1. The maximum absolute atomic E-state index is 13.5. The lowest BCUT2D eigenvalue weighted by atomic mass is 9.85. The van der Waals surface area contributed by atoms with Gasteiger partial charge in [0.05, 0.1) is 51.3 Å². The number of rotatable bonds is 11. The van der Waals surface area contributed by atoms with Crippen LogP contribution in [0.2, 0.25) is 0 Å². The second-order valence-corrected chi connectivity index (χ2v) is 13.1. The van der Waals surface area contributed by atoms with E-state index in [0.717, 1.165) is 47.2 Å². The SMILES string of the molecule is COc1ccnc(NC(=O)c2ccc(-n3nc([C@@H]4CCCN(C(=O)C5(C)COC5)C4)c4ccnc(NCc5ccc(OC)cc5OC)c43)cc2)c1. The standard InChI is InChI=1S/C38H41N7O6/c1-38(22-51-23-38)37(47)44-17-5-6-26(21-44)33-30-14-16-40-35(41-20-25-9-12-28(48-2)18-31(25)50-4)34(30)45(43-33)27-10-7-24(8-11-27)36(46)42-32-19-29(49-3)13-15-39-32/h7-16,18-19,26H,5-6,17,20-23H2,1-4H3,(H,40,41)(H,39,42,46)/t26-/m1/s1. The first-order chi connectivity index (χ1) is 24.8. The molecule has 2 aromatic carbocycles. The molecule has 264 valence electrons. The number of amides is 2. The van der Waals surface area contributed by atoms with Gasteiger partial charge in [-0.25, -0.2) is 14.6 Å². The Labute approximate surface area is 295 Å². The summed E-state index contributed by atoms with van der Waals surface area (Å²) >= 11 is 0. The van der Waals surface area contributed by atoms with Crippen molar-refractivity contribution in [1.82, 2.24) is 24.6 Å². The number of nitrogens with one attached hydrogen (secondary N) is 2. The van der Waals surface area contributed by atoms with Crippen LogP contribution in [-0.2, 0) is 16.1 Å². The quantitative estimate of drug-likeness (QED) is 0.184. The molecule has 0 aliphatic carbocycles. The van der Waals surface area contributed by atoms with Gasteiger partial charge in [0.1, 0.15) is 28.6 Å². The molecule has 3 aromatic heterocycles. The van der Waals surface area contributed by atoms with E-state index in [4.69, 9.17) is 29.0 Å². The minimum atomic E-state index is -0.469. The van der Waals surface area contributed by atoms with Gasteiger partial charge in [-0.3, -0.25) is 9.59 Å². The van der Waals surface area contributed by atoms with Crippen LogP contribution < -0.4 is 24.8 Å². The van der Waals surface area contributed by atoms with Gasteiger partial charge < -0.3 is 34.5 Å². The van der Waals surface area contributed by atoms with Gasteiger partial charge in [0.25, 0.3) is 5.91 Å². The number of anilines is 2. The van der Waals surface area contributed by atoms with E-state index in [9.17, 15) is 9.59 Å². The zero-order chi connectivity index (χ0) is 35.5. The second kappa shape index (κ2) is 14.3. The number of carbonyl (C=O) groups excluding carboxylic acids is 2. The van der Waals surface area contributed by atoms with Crippen molar-refractivity contribution in [2.45, 2.75) is 32.2 Å². The molecular weight excluding hydrogens is 650 g/mol. The van der Waals surface area contributed by atoms with Crippen LogP contribution in [0.5, 0.6) is 17.2 Å². The number of piperidine rings is 1. The zero-order valence-electron chi connectivity index (χ0n) is 29.1. The molecule has 2 amide bonds. The summed E-state index contributed by atoms with van der Waals surface area (Å²) in [4.78, 5) is 37.6. The van der Waals surface area contributed by atoms with E-state index in [2.05, 4.69) is 15.6 Å². The molecule has 0 spiro atoms. The largest absolute Gasteiger partial charge is 0.497 e. The number of fused-ring (bicyclic) bond motifs is 1. The topological polar surface area (TPSA) is 142 Å². The number of pyridine rings is 2. The fraction of sp³-hybridized carbons (Fsp3) is 0.342. The van der Waals surface area contributed by atoms with Crippen molar-refractivity contribution in [3.63, 3.8) is 0 Å². The first kappa shape index (κ1) is 33.8. The summed E-state index contributed by atoms with van der Waals surface area (Å²) in [5, 5.41) is 12.5. The Morgan fingerprint density at radius 1 is 0.941 bits per heavy atom. The molecule has 5 heterocycles. The van der Waals surface area contributed by atoms with Crippen molar-refractivity contribution in [2.75, 3.05) is 58.3 Å². The summed E-state index contributed by atoms with van der Waals surface area (Å²) in [6.45, 7) is 4.61. The lowest BCUT2D eigenvalue weighted by Gasteiger charge is -2.42. The number of hydrogen-bond acceptors (Lipinski definition) is 10. The molecule has 2 aliphatic rings. The summed E-state index contributed by atoms with van der Waals surface area (Å²) in [6, 6.07) is 18.3. The number of benzene rings is 2. The van der Waals surface area contributed by atoms with Gasteiger partial charge in [-0.1, -0.05) is 0 Å².